The molecule has 1 rings (SSSR count). The van der Waals surface area contributed by atoms with E-state index in [2.05, 4.69) is 6.58 Å². The Kier molecular flexibility index (Phi) is 5.23. The molecule has 1 aromatic carbocycles. The van der Waals surface area contributed by atoms with Crippen molar-refractivity contribution < 1.29 is 19.0 Å². The molecule has 0 atom stereocenters. The van der Waals surface area contributed by atoms with Crippen LogP contribution >= 0.6 is 0 Å². The van der Waals surface area contributed by atoms with Crippen LogP contribution in [0.4, 0.5) is 0 Å². The summed E-state index contributed by atoms with van der Waals surface area (Å²) < 4.78 is 15.5. The summed E-state index contributed by atoms with van der Waals surface area (Å²) in [6.07, 6.45) is 1.24. The summed E-state index contributed by atoms with van der Waals surface area (Å²) in [4.78, 5) is 10.9. The minimum atomic E-state index is -0.134. The monoisotopic (exact) mass is 236 g/mol. The van der Waals surface area contributed by atoms with Crippen LogP contribution in [0.3, 0.4) is 0 Å². The van der Waals surface area contributed by atoms with Gasteiger partial charge in [0, 0.05) is 0 Å². The van der Waals surface area contributed by atoms with E-state index < -0.39 is 0 Å². The summed E-state index contributed by atoms with van der Waals surface area (Å²) in [5.74, 6) is 1.17. The van der Waals surface area contributed by atoms with Gasteiger partial charge in [-0.2, -0.15) is 0 Å². The molecule has 0 amide bonds. The highest BCUT2D eigenvalue weighted by Crippen LogP contribution is 2.27. The Hall–Kier alpha value is -1.81. The van der Waals surface area contributed by atoms with E-state index >= 15 is 0 Å². The topological polar surface area (TPSA) is 44.8 Å². The predicted molar refractivity (Wildman–Crippen MR) is 64.4 cm³/mol. The molecule has 92 valence electrons. The molecule has 0 saturated heterocycles. The molecule has 0 aromatic heterocycles. The minimum absolute atomic E-state index is 0.0395. The van der Waals surface area contributed by atoms with Gasteiger partial charge in [-0.3, -0.25) is 4.79 Å². The summed E-state index contributed by atoms with van der Waals surface area (Å²) in [6, 6.07) is 5.48. The van der Waals surface area contributed by atoms with Crippen molar-refractivity contribution in [1.29, 1.82) is 0 Å². The number of benzene rings is 1. The highest BCUT2D eigenvalue weighted by atomic mass is 16.5. The number of ether oxygens (including phenoxy) is 3. The summed E-state index contributed by atoms with van der Waals surface area (Å²) in [6.45, 7) is 3.76. The van der Waals surface area contributed by atoms with Gasteiger partial charge in [-0.25, -0.2) is 0 Å². The first-order valence-corrected chi connectivity index (χ1v) is 5.15. The number of hydrogen-bond acceptors (Lipinski definition) is 4. The van der Waals surface area contributed by atoms with E-state index in [9.17, 15) is 4.79 Å². The first-order chi connectivity index (χ1) is 8.21. The molecule has 0 heterocycles. The molecular formula is C13H16O4. The molecule has 1 aromatic rings. The third kappa shape index (κ3) is 3.92. The molecule has 0 aliphatic heterocycles. The maximum absolute atomic E-state index is 10.9. The Bertz CT molecular complexity index is 398. The average Bonchev–Trinajstić information content (AvgIpc) is 2.38. The van der Waals surface area contributed by atoms with E-state index in [0.29, 0.717) is 18.1 Å². The van der Waals surface area contributed by atoms with Crippen molar-refractivity contribution in [3.8, 4) is 11.5 Å². The molecule has 0 aliphatic carbocycles. The lowest BCUT2D eigenvalue weighted by Gasteiger charge is -2.09. The molecule has 0 N–H and O–H groups in total. The van der Waals surface area contributed by atoms with Crippen molar-refractivity contribution in [3.05, 3.63) is 36.4 Å². The fourth-order valence-corrected chi connectivity index (χ4v) is 1.30. The quantitative estimate of drug-likeness (QED) is 0.679. The van der Waals surface area contributed by atoms with Crippen molar-refractivity contribution in [2.24, 2.45) is 0 Å². The van der Waals surface area contributed by atoms with Crippen LogP contribution < -0.4 is 9.47 Å². The molecule has 0 radical (unpaired) electrons. The molecule has 0 fully saturated rings. The second-order valence-electron chi connectivity index (χ2n) is 3.35. The van der Waals surface area contributed by atoms with Crippen molar-refractivity contribution in [3.63, 3.8) is 0 Å². The van der Waals surface area contributed by atoms with E-state index in [1.165, 1.54) is 6.08 Å². The van der Waals surface area contributed by atoms with E-state index in [4.69, 9.17) is 14.2 Å². The Morgan fingerprint density at radius 2 is 2.00 bits per heavy atom. The summed E-state index contributed by atoms with van der Waals surface area (Å²) in [7, 11) is 3.15. The molecule has 0 saturated carbocycles. The smallest absolute Gasteiger partial charge is 0.180 e. The van der Waals surface area contributed by atoms with Gasteiger partial charge in [0.25, 0.3) is 0 Å². The van der Waals surface area contributed by atoms with Crippen LogP contribution in [0.5, 0.6) is 11.5 Å². The molecule has 17 heavy (non-hydrogen) atoms. The van der Waals surface area contributed by atoms with Gasteiger partial charge in [-0.05, 0) is 23.8 Å². The molecular weight excluding hydrogens is 220 g/mol. The lowest BCUT2D eigenvalue weighted by Crippen LogP contribution is -2.05. The zero-order valence-corrected chi connectivity index (χ0v) is 10.1. The van der Waals surface area contributed by atoms with Crippen LogP contribution in [0.1, 0.15) is 5.56 Å². The zero-order chi connectivity index (χ0) is 12.7. The van der Waals surface area contributed by atoms with Gasteiger partial charge < -0.3 is 14.2 Å². The Morgan fingerprint density at radius 1 is 1.29 bits per heavy atom. The second kappa shape index (κ2) is 6.70. The van der Waals surface area contributed by atoms with Gasteiger partial charge in [-0.15, -0.1) is 0 Å². The Labute approximate surface area is 101 Å². The first kappa shape index (κ1) is 13.3. The van der Waals surface area contributed by atoms with Crippen LogP contribution in [0, 0.1) is 0 Å². The van der Waals surface area contributed by atoms with Gasteiger partial charge in [0.2, 0.25) is 0 Å². The lowest BCUT2D eigenvalue weighted by atomic mass is 10.2. The summed E-state index contributed by atoms with van der Waals surface area (Å²) in [5, 5.41) is 0. The van der Waals surface area contributed by atoms with Gasteiger partial charge in [0.1, 0.15) is 6.61 Å². The fraction of sp³-hybridized carbons (Fsp3) is 0.308. The van der Waals surface area contributed by atoms with Crippen LogP contribution in [0.25, 0.3) is 0 Å². The third-order valence-electron chi connectivity index (χ3n) is 2.19. The van der Waals surface area contributed by atoms with Crippen LogP contribution in [-0.2, 0) is 16.1 Å². The minimum Gasteiger partial charge on any atom is -0.493 e. The van der Waals surface area contributed by atoms with Gasteiger partial charge in [0.05, 0.1) is 20.8 Å². The van der Waals surface area contributed by atoms with Gasteiger partial charge in [0.15, 0.2) is 17.3 Å². The normalized spacial score (nSPS) is 9.76. The van der Waals surface area contributed by atoms with Crippen molar-refractivity contribution in [2.75, 3.05) is 20.8 Å². The number of methoxy groups -OCH3 is 2. The zero-order valence-electron chi connectivity index (χ0n) is 10.1. The standard InChI is InChI=1S/C13H16O4/c1-4-11(14)9-17-8-10-5-6-12(15-2)13(7-10)16-3/h4-7H,1,8-9H2,2-3H3. The van der Waals surface area contributed by atoms with E-state index in [0.717, 1.165) is 5.56 Å². The summed E-state index contributed by atoms with van der Waals surface area (Å²) in [5.41, 5.74) is 0.916. The van der Waals surface area contributed by atoms with Crippen molar-refractivity contribution >= 4 is 5.78 Å². The molecule has 4 heteroatoms. The molecule has 0 spiro atoms. The number of hydrogen-bond donors (Lipinski definition) is 0. The summed E-state index contributed by atoms with van der Waals surface area (Å²) >= 11 is 0. The predicted octanol–water partition coefficient (Wildman–Crippen LogP) is 1.98. The third-order valence-corrected chi connectivity index (χ3v) is 2.19. The van der Waals surface area contributed by atoms with E-state index in [1.54, 1.807) is 20.3 Å². The van der Waals surface area contributed by atoms with Crippen LogP contribution in [-0.4, -0.2) is 26.6 Å². The van der Waals surface area contributed by atoms with Gasteiger partial charge in [-0.1, -0.05) is 12.6 Å². The molecule has 0 unspecified atom stereocenters. The SMILES string of the molecule is C=CC(=O)COCc1ccc(OC)c(OC)c1. The second-order valence-corrected chi connectivity index (χ2v) is 3.35. The van der Waals surface area contributed by atoms with E-state index in [1.807, 2.05) is 12.1 Å². The fourth-order valence-electron chi connectivity index (χ4n) is 1.30. The highest BCUT2D eigenvalue weighted by molar-refractivity contribution is 5.90. The van der Waals surface area contributed by atoms with Crippen LogP contribution in [0.15, 0.2) is 30.9 Å². The van der Waals surface area contributed by atoms with Crippen molar-refractivity contribution in [2.45, 2.75) is 6.61 Å². The number of rotatable bonds is 7. The first-order valence-electron chi connectivity index (χ1n) is 5.15. The van der Waals surface area contributed by atoms with E-state index in [-0.39, 0.29) is 12.4 Å². The Balaban J connectivity index is 2.60. The number of carbonyl (C=O) groups excluding carboxylic acids is 1. The molecule has 0 aliphatic rings. The maximum Gasteiger partial charge on any atom is 0.180 e. The lowest BCUT2D eigenvalue weighted by molar-refractivity contribution is -0.119. The largest absolute Gasteiger partial charge is 0.493 e. The number of ketones is 1. The van der Waals surface area contributed by atoms with Crippen LogP contribution in [0.2, 0.25) is 0 Å². The molecule has 4 nitrogen and oxygen atoms in total. The van der Waals surface area contributed by atoms with Crippen molar-refractivity contribution in [1.82, 2.24) is 0 Å². The number of carbonyl (C=O) groups is 1. The van der Waals surface area contributed by atoms with Gasteiger partial charge >= 0.3 is 0 Å². The Morgan fingerprint density at radius 3 is 2.59 bits per heavy atom. The molecule has 0 bridgehead atoms. The maximum atomic E-state index is 10.9. The average molecular weight is 236 g/mol. The highest BCUT2D eigenvalue weighted by Gasteiger charge is 2.05.